The zero-order valence-corrected chi connectivity index (χ0v) is 6.13. The number of aliphatic hydroxyl groups is 1. The standard InChI is InChI=1S/C6H11N3O/c1-9(2)6-7-4-3-5(10)8-6/h3,10H,4H2,1-2H3,(H,7,8). The molecule has 0 amide bonds. The Hall–Kier alpha value is -1.19. The van der Waals surface area contributed by atoms with Crippen molar-refractivity contribution in [1.29, 1.82) is 0 Å². The lowest BCUT2D eigenvalue weighted by molar-refractivity contribution is 0.374. The molecule has 0 aromatic carbocycles. The molecule has 1 heterocycles. The predicted molar refractivity (Wildman–Crippen MR) is 39.8 cm³/mol. The van der Waals surface area contributed by atoms with E-state index < -0.39 is 0 Å². The van der Waals surface area contributed by atoms with E-state index in [9.17, 15) is 0 Å². The van der Waals surface area contributed by atoms with Gasteiger partial charge in [-0.1, -0.05) is 0 Å². The minimum absolute atomic E-state index is 0.179. The van der Waals surface area contributed by atoms with Gasteiger partial charge in [0, 0.05) is 14.1 Å². The summed E-state index contributed by atoms with van der Waals surface area (Å²) in [5, 5.41) is 11.7. The van der Waals surface area contributed by atoms with Gasteiger partial charge in [0.15, 0.2) is 5.88 Å². The van der Waals surface area contributed by atoms with Crippen LogP contribution in [-0.2, 0) is 0 Å². The first-order valence-electron chi connectivity index (χ1n) is 3.08. The van der Waals surface area contributed by atoms with E-state index >= 15 is 0 Å². The number of nitrogens with zero attached hydrogens (tertiary/aromatic N) is 2. The van der Waals surface area contributed by atoms with Gasteiger partial charge in [0.1, 0.15) is 0 Å². The third kappa shape index (κ3) is 1.40. The van der Waals surface area contributed by atoms with E-state index in [1.165, 1.54) is 0 Å². The number of hydrogen-bond acceptors (Lipinski definition) is 4. The van der Waals surface area contributed by atoms with Crippen LogP contribution in [0, 0.1) is 0 Å². The minimum Gasteiger partial charge on any atom is -0.495 e. The van der Waals surface area contributed by atoms with Gasteiger partial charge in [0.25, 0.3) is 0 Å². The average molecular weight is 141 g/mol. The van der Waals surface area contributed by atoms with Crippen molar-refractivity contribution in [2.24, 2.45) is 4.99 Å². The number of hydrogen-bond donors (Lipinski definition) is 2. The highest BCUT2D eigenvalue weighted by atomic mass is 16.3. The first kappa shape index (κ1) is 6.92. The molecule has 0 saturated carbocycles. The van der Waals surface area contributed by atoms with Gasteiger partial charge in [-0.15, -0.1) is 0 Å². The number of aliphatic hydroxyl groups excluding tert-OH is 1. The normalized spacial score (nSPS) is 17.0. The molecule has 0 spiro atoms. The van der Waals surface area contributed by atoms with Crippen molar-refractivity contribution in [3.8, 4) is 0 Å². The Bertz CT molecular complexity index is 183. The fraction of sp³-hybridized carbons (Fsp3) is 0.500. The zero-order chi connectivity index (χ0) is 7.56. The fourth-order valence-electron chi connectivity index (χ4n) is 0.677. The highest BCUT2D eigenvalue weighted by Crippen LogP contribution is 1.93. The molecule has 10 heavy (non-hydrogen) atoms. The summed E-state index contributed by atoms with van der Waals surface area (Å²) in [5.74, 6) is 0.874. The summed E-state index contributed by atoms with van der Waals surface area (Å²) in [4.78, 5) is 5.88. The van der Waals surface area contributed by atoms with Gasteiger partial charge < -0.3 is 10.0 Å². The SMILES string of the molecule is CN(C)C1=NCC=C(O)N1. The molecule has 1 aliphatic rings. The van der Waals surface area contributed by atoms with Crippen molar-refractivity contribution >= 4 is 5.96 Å². The number of nitrogens with one attached hydrogen (secondary N) is 1. The van der Waals surface area contributed by atoms with Crippen LogP contribution in [0.3, 0.4) is 0 Å². The monoisotopic (exact) mass is 141 g/mol. The van der Waals surface area contributed by atoms with Crippen LogP contribution in [0.4, 0.5) is 0 Å². The summed E-state index contributed by atoms with van der Waals surface area (Å²) in [7, 11) is 3.73. The maximum atomic E-state index is 8.97. The Labute approximate surface area is 59.9 Å². The van der Waals surface area contributed by atoms with Crippen LogP contribution < -0.4 is 5.32 Å². The Morgan fingerprint density at radius 2 is 2.40 bits per heavy atom. The van der Waals surface area contributed by atoms with E-state index in [1.54, 1.807) is 6.08 Å². The average Bonchev–Trinajstić information content (AvgIpc) is 1.88. The van der Waals surface area contributed by atoms with Gasteiger partial charge >= 0.3 is 0 Å². The molecule has 0 saturated heterocycles. The molecule has 4 nitrogen and oxygen atoms in total. The maximum Gasteiger partial charge on any atom is 0.200 e. The van der Waals surface area contributed by atoms with E-state index in [0.717, 1.165) is 0 Å². The molecule has 0 bridgehead atoms. The van der Waals surface area contributed by atoms with Crippen molar-refractivity contribution in [2.75, 3.05) is 20.6 Å². The highest BCUT2D eigenvalue weighted by Gasteiger charge is 2.05. The predicted octanol–water partition coefficient (Wildman–Crippen LogP) is -0.0934. The molecule has 0 aromatic rings. The maximum absolute atomic E-state index is 8.97. The molecule has 56 valence electrons. The van der Waals surface area contributed by atoms with E-state index in [2.05, 4.69) is 10.3 Å². The molecule has 4 heteroatoms. The first-order chi connectivity index (χ1) is 4.70. The van der Waals surface area contributed by atoms with Crippen LogP contribution in [0.2, 0.25) is 0 Å². The van der Waals surface area contributed by atoms with Gasteiger partial charge in [-0.05, 0) is 6.08 Å². The summed E-state index contributed by atoms with van der Waals surface area (Å²) in [6, 6.07) is 0. The molecule has 0 unspecified atom stereocenters. The van der Waals surface area contributed by atoms with Crippen LogP contribution in [0.1, 0.15) is 0 Å². The minimum atomic E-state index is 0.179. The van der Waals surface area contributed by atoms with E-state index in [4.69, 9.17) is 5.11 Å². The number of guanidine groups is 1. The van der Waals surface area contributed by atoms with Crippen LogP contribution in [-0.4, -0.2) is 36.6 Å². The summed E-state index contributed by atoms with van der Waals surface area (Å²) >= 11 is 0. The molecule has 0 atom stereocenters. The molecular formula is C6H11N3O. The molecule has 0 fully saturated rings. The molecule has 1 aliphatic heterocycles. The van der Waals surface area contributed by atoms with Crippen LogP contribution in [0.25, 0.3) is 0 Å². The van der Waals surface area contributed by atoms with Crippen molar-refractivity contribution in [3.63, 3.8) is 0 Å². The van der Waals surface area contributed by atoms with E-state index in [0.29, 0.717) is 12.5 Å². The lowest BCUT2D eigenvalue weighted by Gasteiger charge is -2.18. The topological polar surface area (TPSA) is 47.9 Å². The molecule has 1 rings (SSSR count). The quantitative estimate of drug-likeness (QED) is 0.495. The lowest BCUT2D eigenvalue weighted by Crippen LogP contribution is -2.37. The van der Waals surface area contributed by atoms with Crippen molar-refractivity contribution < 1.29 is 5.11 Å². The molecule has 2 N–H and O–H groups in total. The van der Waals surface area contributed by atoms with E-state index in [1.807, 2.05) is 19.0 Å². The third-order valence-corrected chi connectivity index (χ3v) is 1.19. The van der Waals surface area contributed by atoms with Gasteiger partial charge in [-0.3, -0.25) is 5.32 Å². The van der Waals surface area contributed by atoms with Crippen LogP contribution in [0.15, 0.2) is 17.0 Å². The zero-order valence-electron chi connectivity index (χ0n) is 6.13. The summed E-state index contributed by atoms with van der Waals surface area (Å²) in [5.41, 5.74) is 0. The second-order valence-electron chi connectivity index (χ2n) is 2.27. The highest BCUT2D eigenvalue weighted by molar-refractivity contribution is 5.81. The Kier molecular flexibility index (Phi) is 1.80. The van der Waals surface area contributed by atoms with Gasteiger partial charge in [0.2, 0.25) is 5.96 Å². The number of rotatable bonds is 0. The van der Waals surface area contributed by atoms with E-state index in [-0.39, 0.29) is 5.88 Å². The Morgan fingerprint density at radius 3 is 2.80 bits per heavy atom. The number of aliphatic imine (C=N–C) groups is 1. The molecular weight excluding hydrogens is 130 g/mol. The summed E-state index contributed by atoms with van der Waals surface area (Å²) < 4.78 is 0. The van der Waals surface area contributed by atoms with Gasteiger partial charge in [0.05, 0.1) is 6.54 Å². The van der Waals surface area contributed by atoms with Crippen molar-refractivity contribution in [1.82, 2.24) is 10.2 Å². The van der Waals surface area contributed by atoms with Crippen LogP contribution in [0.5, 0.6) is 0 Å². The smallest absolute Gasteiger partial charge is 0.200 e. The van der Waals surface area contributed by atoms with Crippen molar-refractivity contribution in [2.45, 2.75) is 0 Å². The summed E-state index contributed by atoms with van der Waals surface area (Å²) in [6.07, 6.45) is 1.62. The second kappa shape index (κ2) is 2.60. The second-order valence-corrected chi connectivity index (χ2v) is 2.27. The Balaban J connectivity index is 2.57. The largest absolute Gasteiger partial charge is 0.495 e. The van der Waals surface area contributed by atoms with Crippen LogP contribution >= 0.6 is 0 Å². The molecule has 0 aromatic heterocycles. The fourth-order valence-corrected chi connectivity index (χ4v) is 0.677. The third-order valence-electron chi connectivity index (χ3n) is 1.19. The lowest BCUT2D eigenvalue weighted by atomic mass is 10.5. The first-order valence-corrected chi connectivity index (χ1v) is 3.08. The Morgan fingerprint density at radius 1 is 1.70 bits per heavy atom. The van der Waals surface area contributed by atoms with Gasteiger partial charge in [-0.25, -0.2) is 4.99 Å². The molecule has 0 aliphatic carbocycles. The van der Waals surface area contributed by atoms with Crippen molar-refractivity contribution in [3.05, 3.63) is 12.0 Å². The van der Waals surface area contributed by atoms with Gasteiger partial charge in [-0.2, -0.15) is 0 Å². The molecule has 0 radical (unpaired) electrons. The summed E-state index contributed by atoms with van der Waals surface area (Å²) in [6.45, 7) is 0.548.